The predicted molar refractivity (Wildman–Crippen MR) is 74.7 cm³/mol. The van der Waals surface area contributed by atoms with Crippen LogP contribution in [0.5, 0.6) is 5.75 Å². The zero-order valence-electron chi connectivity index (χ0n) is 10.7. The van der Waals surface area contributed by atoms with Crippen molar-refractivity contribution in [3.8, 4) is 5.75 Å². The van der Waals surface area contributed by atoms with Crippen LogP contribution in [0.3, 0.4) is 0 Å². The number of hydrogen-bond donors (Lipinski definition) is 0. The molecule has 0 aliphatic heterocycles. The molecule has 0 fully saturated rings. The van der Waals surface area contributed by atoms with Gasteiger partial charge in [-0.05, 0) is 11.6 Å². The molecule has 94 valence electrons. The molecule has 0 saturated heterocycles. The fourth-order valence-electron chi connectivity index (χ4n) is 2.71. The van der Waals surface area contributed by atoms with E-state index in [1.165, 1.54) is 0 Å². The molecule has 0 heterocycles. The third kappa shape index (κ3) is 1.68. The Labute approximate surface area is 112 Å². The molecule has 0 spiro atoms. The van der Waals surface area contributed by atoms with Crippen LogP contribution in [0.4, 0.5) is 0 Å². The van der Waals surface area contributed by atoms with E-state index < -0.39 is 0 Å². The lowest BCUT2D eigenvalue weighted by Gasteiger charge is -2.15. The van der Waals surface area contributed by atoms with Crippen LogP contribution >= 0.6 is 0 Å². The Hall–Kier alpha value is -2.35. The SMILES string of the molecule is C=C1C(=O)c2cccc(OC)c2[C@@H]1c1ccccc1. The highest BCUT2D eigenvalue weighted by Crippen LogP contribution is 2.45. The minimum atomic E-state index is -0.0974. The molecule has 0 bridgehead atoms. The summed E-state index contributed by atoms with van der Waals surface area (Å²) in [6.45, 7) is 3.98. The molecule has 0 aromatic heterocycles. The van der Waals surface area contributed by atoms with Gasteiger partial charge in [0.1, 0.15) is 5.75 Å². The Morgan fingerprint density at radius 1 is 1.05 bits per heavy atom. The lowest BCUT2D eigenvalue weighted by molar-refractivity contribution is 0.103. The molecule has 3 rings (SSSR count). The van der Waals surface area contributed by atoms with Crippen LogP contribution in [0.15, 0.2) is 60.7 Å². The number of methoxy groups -OCH3 is 1. The van der Waals surface area contributed by atoms with E-state index in [-0.39, 0.29) is 11.7 Å². The smallest absolute Gasteiger partial charge is 0.189 e. The van der Waals surface area contributed by atoms with Crippen molar-refractivity contribution in [2.45, 2.75) is 5.92 Å². The van der Waals surface area contributed by atoms with Gasteiger partial charge in [-0.1, -0.05) is 49.0 Å². The van der Waals surface area contributed by atoms with E-state index in [0.29, 0.717) is 11.1 Å². The lowest BCUT2D eigenvalue weighted by Crippen LogP contribution is -2.01. The van der Waals surface area contributed by atoms with Gasteiger partial charge in [0.05, 0.1) is 7.11 Å². The Bertz CT molecular complexity index is 656. The van der Waals surface area contributed by atoms with Crippen LogP contribution < -0.4 is 4.74 Å². The number of hydrogen-bond acceptors (Lipinski definition) is 2. The Kier molecular flexibility index (Phi) is 2.71. The lowest BCUT2D eigenvalue weighted by atomic mass is 9.90. The molecule has 19 heavy (non-hydrogen) atoms. The number of carbonyl (C=O) groups excluding carboxylic acids is 1. The van der Waals surface area contributed by atoms with Crippen LogP contribution in [0.1, 0.15) is 27.4 Å². The van der Waals surface area contributed by atoms with Gasteiger partial charge >= 0.3 is 0 Å². The molecule has 0 saturated carbocycles. The van der Waals surface area contributed by atoms with E-state index >= 15 is 0 Å². The number of fused-ring (bicyclic) bond motifs is 1. The molecule has 1 aliphatic rings. The average Bonchev–Trinajstić information content (AvgIpc) is 2.72. The molecule has 1 atom stereocenters. The summed E-state index contributed by atoms with van der Waals surface area (Å²) in [4.78, 5) is 12.3. The van der Waals surface area contributed by atoms with Gasteiger partial charge in [0.2, 0.25) is 0 Å². The maximum absolute atomic E-state index is 12.3. The summed E-state index contributed by atoms with van der Waals surface area (Å²) in [6, 6.07) is 15.5. The van der Waals surface area contributed by atoms with E-state index in [1.54, 1.807) is 7.11 Å². The van der Waals surface area contributed by atoms with Crippen molar-refractivity contribution in [3.63, 3.8) is 0 Å². The number of benzene rings is 2. The second-order valence-corrected chi connectivity index (χ2v) is 4.62. The molecule has 0 N–H and O–H groups in total. The molecular formula is C17H14O2. The highest BCUT2D eigenvalue weighted by molar-refractivity contribution is 6.15. The highest BCUT2D eigenvalue weighted by atomic mass is 16.5. The summed E-state index contributed by atoms with van der Waals surface area (Å²) in [7, 11) is 1.63. The summed E-state index contributed by atoms with van der Waals surface area (Å²) < 4.78 is 5.41. The summed E-state index contributed by atoms with van der Waals surface area (Å²) in [5.41, 5.74) is 3.33. The summed E-state index contributed by atoms with van der Waals surface area (Å²) in [5, 5.41) is 0. The van der Waals surface area contributed by atoms with Gasteiger partial charge in [-0.2, -0.15) is 0 Å². The van der Waals surface area contributed by atoms with Gasteiger partial charge in [0.25, 0.3) is 0 Å². The van der Waals surface area contributed by atoms with Crippen molar-refractivity contribution in [2.24, 2.45) is 0 Å². The van der Waals surface area contributed by atoms with Crippen LogP contribution in [0.2, 0.25) is 0 Å². The maximum atomic E-state index is 12.3. The van der Waals surface area contributed by atoms with E-state index in [0.717, 1.165) is 16.9 Å². The Morgan fingerprint density at radius 3 is 2.47 bits per heavy atom. The van der Waals surface area contributed by atoms with E-state index in [1.807, 2.05) is 48.5 Å². The highest BCUT2D eigenvalue weighted by Gasteiger charge is 2.36. The van der Waals surface area contributed by atoms with Crippen LogP contribution in [0.25, 0.3) is 0 Å². The standard InChI is InChI=1S/C17H14O2/c1-11-15(12-7-4-3-5-8-12)16-13(17(11)18)9-6-10-14(16)19-2/h3-10,15H,1H2,2H3/t15-/m0/s1. The van der Waals surface area contributed by atoms with Crippen molar-refractivity contribution in [2.75, 3.05) is 7.11 Å². The summed E-state index contributed by atoms with van der Waals surface area (Å²) in [6.07, 6.45) is 0. The molecule has 0 amide bonds. The second-order valence-electron chi connectivity index (χ2n) is 4.62. The molecule has 2 aromatic carbocycles. The van der Waals surface area contributed by atoms with E-state index in [9.17, 15) is 4.79 Å². The van der Waals surface area contributed by atoms with Gasteiger partial charge in [-0.3, -0.25) is 4.79 Å². The fraction of sp³-hybridized carbons (Fsp3) is 0.118. The first-order valence-corrected chi connectivity index (χ1v) is 6.19. The molecule has 1 aliphatic carbocycles. The monoisotopic (exact) mass is 250 g/mol. The first-order valence-electron chi connectivity index (χ1n) is 6.19. The van der Waals surface area contributed by atoms with Gasteiger partial charge in [-0.15, -0.1) is 0 Å². The Balaban J connectivity index is 2.24. The van der Waals surface area contributed by atoms with Gasteiger partial charge in [-0.25, -0.2) is 0 Å². The minimum absolute atomic E-state index is 0.0164. The largest absolute Gasteiger partial charge is 0.496 e. The Morgan fingerprint density at radius 2 is 1.79 bits per heavy atom. The molecule has 2 nitrogen and oxygen atoms in total. The topological polar surface area (TPSA) is 26.3 Å². The van der Waals surface area contributed by atoms with E-state index in [4.69, 9.17) is 4.74 Å². The minimum Gasteiger partial charge on any atom is -0.496 e. The summed E-state index contributed by atoms with van der Waals surface area (Å²) in [5.74, 6) is 0.668. The first-order chi connectivity index (χ1) is 9.24. The first kappa shape index (κ1) is 11.7. The number of ketones is 1. The number of carbonyl (C=O) groups is 1. The maximum Gasteiger partial charge on any atom is 0.189 e. The quantitative estimate of drug-likeness (QED) is 0.761. The van der Waals surface area contributed by atoms with Crippen LogP contribution in [0, 0.1) is 0 Å². The van der Waals surface area contributed by atoms with Gasteiger partial charge < -0.3 is 4.74 Å². The second kappa shape index (κ2) is 4.39. The van der Waals surface area contributed by atoms with Gasteiger partial charge in [0.15, 0.2) is 5.78 Å². The van der Waals surface area contributed by atoms with Crippen LogP contribution in [-0.4, -0.2) is 12.9 Å². The van der Waals surface area contributed by atoms with E-state index in [2.05, 4.69) is 6.58 Å². The number of Topliss-reactive ketones (excluding diaryl/α,β-unsaturated/α-hetero) is 1. The zero-order chi connectivity index (χ0) is 13.4. The molecule has 2 aromatic rings. The fourth-order valence-corrected chi connectivity index (χ4v) is 2.71. The number of allylic oxidation sites excluding steroid dienone is 1. The number of ether oxygens (including phenoxy) is 1. The predicted octanol–water partition coefficient (Wildman–Crippen LogP) is 3.58. The van der Waals surface area contributed by atoms with Crippen molar-refractivity contribution in [1.82, 2.24) is 0 Å². The third-order valence-electron chi connectivity index (χ3n) is 3.59. The third-order valence-corrected chi connectivity index (χ3v) is 3.59. The number of rotatable bonds is 2. The summed E-state index contributed by atoms with van der Waals surface area (Å²) >= 11 is 0. The van der Waals surface area contributed by atoms with Crippen LogP contribution in [-0.2, 0) is 0 Å². The normalized spacial score (nSPS) is 17.4. The van der Waals surface area contributed by atoms with Crippen molar-refractivity contribution in [1.29, 1.82) is 0 Å². The molecular weight excluding hydrogens is 236 g/mol. The van der Waals surface area contributed by atoms with Crippen molar-refractivity contribution in [3.05, 3.63) is 77.4 Å². The average molecular weight is 250 g/mol. The molecule has 2 heteroatoms. The van der Waals surface area contributed by atoms with Gasteiger partial charge in [0, 0.05) is 22.6 Å². The van der Waals surface area contributed by atoms with Crippen molar-refractivity contribution < 1.29 is 9.53 Å². The molecule has 0 unspecified atom stereocenters. The van der Waals surface area contributed by atoms with Crippen molar-refractivity contribution >= 4 is 5.78 Å². The molecule has 0 radical (unpaired) electrons. The zero-order valence-corrected chi connectivity index (χ0v) is 10.7.